The zero-order chi connectivity index (χ0) is 27.9. The molecule has 0 spiro atoms. The SMILES string of the molecule is CCCCCCCCCCCCCCCCCC(=O)OC(CO)COC(CC(=O)O)(CC(=O)O)C(=O)O. The van der Waals surface area contributed by atoms with E-state index in [0.29, 0.717) is 6.42 Å². The Labute approximate surface area is 220 Å². The lowest BCUT2D eigenvalue weighted by molar-refractivity contribution is -0.186. The molecule has 37 heavy (non-hydrogen) atoms. The van der Waals surface area contributed by atoms with E-state index in [9.17, 15) is 29.4 Å². The molecule has 0 aromatic rings. The lowest BCUT2D eigenvalue weighted by Crippen LogP contribution is -2.47. The number of carbonyl (C=O) groups excluding carboxylic acids is 1. The van der Waals surface area contributed by atoms with Gasteiger partial charge in [0.15, 0.2) is 5.60 Å². The van der Waals surface area contributed by atoms with Gasteiger partial charge in [-0.15, -0.1) is 0 Å². The Balaban J connectivity index is 4.04. The highest BCUT2D eigenvalue weighted by atomic mass is 16.6. The fourth-order valence-corrected chi connectivity index (χ4v) is 4.13. The Morgan fingerprint density at radius 2 is 1.08 bits per heavy atom. The molecule has 10 nitrogen and oxygen atoms in total. The number of rotatable bonds is 26. The van der Waals surface area contributed by atoms with E-state index in [0.717, 1.165) is 19.3 Å². The molecule has 0 bridgehead atoms. The summed E-state index contributed by atoms with van der Waals surface area (Å²) in [5.74, 6) is -5.48. The molecule has 0 aliphatic rings. The van der Waals surface area contributed by atoms with Crippen LogP contribution in [-0.2, 0) is 28.7 Å². The maximum Gasteiger partial charge on any atom is 0.337 e. The van der Waals surface area contributed by atoms with Crippen LogP contribution in [0.4, 0.5) is 0 Å². The van der Waals surface area contributed by atoms with Crippen molar-refractivity contribution in [1.82, 2.24) is 0 Å². The number of aliphatic hydroxyl groups excluding tert-OH is 1. The molecule has 0 aliphatic carbocycles. The van der Waals surface area contributed by atoms with E-state index in [1.807, 2.05) is 0 Å². The number of hydrogen-bond donors (Lipinski definition) is 4. The Hall–Kier alpha value is -2.20. The van der Waals surface area contributed by atoms with E-state index >= 15 is 0 Å². The molecule has 0 fully saturated rings. The quantitative estimate of drug-likeness (QED) is 0.0884. The molecular weight excluding hydrogens is 484 g/mol. The van der Waals surface area contributed by atoms with Crippen molar-refractivity contribution in [3.63, 3.8) is 0 Å². The smallest absolute Gasteiger partial charge is 0.337 e. The Morgan fingerprint density at radius 3 is 1.43 bits per heavy atom. The number of ether oxygens (including phenoxy) is 2. The third kappa shape index (κ3) is 18.7. The molecule has 0 aliphatic heterocycles. The zero-order valence-corrected chi connectivity index (χ0v) is 22.5. The molecule has 0 rings (SSSR count). The summed E-state index contributed by atoms with van der Waals surface area (Å²) >= 11 is 0. The highest BCUT2D eigenvalue weighted by Gasteiger charge is 2.45. The number of esters is 1. The minimum atomic E-state index is -2.54. The Kier molecular flexibility index (Phi) is 20.5. The normalized spacial score (nSPS) is 12.3. The molecule has 10 heteroatoms. The van der Waals surface area contributed by atoms with Gasteiger partial charge >= 0.3 is 23.9 Å². The Bertz CT molecular complexity index is 633. The fourth-order valence-electron chi connectivity index (χ4n) is 4.13. The molecule has 0 saturated carbocycles. The van der Waals surface area contributed by atoms with Crippen LogP contribution in [0, 0.1) is 0 Å². The first kappa shape index (κ1) is 34.8. The maximum absolute atomic E-state index is 12.1. The summed E-state index contributed by atoms with van der Waals surface area (Å²) in [6.45, 7) is 0.908. The van der Waals surface area contributed by atoms with Crippen LogP contribution in [0.5, 0.6) is 0 Å². The van der Waals surface area contributed by atoms with Crippen LogP contribution in [0.2, 0.25) is 0 Å². The monoisotopic (exact) mass is 532 g/mol. The second-order valence-corrected chi connectivity index (χ2v) is 9.75. The van der Waals surface area contributed by atoms with Gasteiger partial charge in [-0.2, -0.15) is 0 Å². The average molecular weight is 533 g/mol. The van der Waals surface area contributed by atoms with Crippen LogP contribution < -0.4 is 0 Å². The first-order chi connectivity index (χ1) is 17.7. The van der Waals surface area contributed by atoms with Crippen molar-refractivity contribution in [1.29, 1.82) is 0 Å². The van der Waals surface area contributed by atoms with Gasteiger partial charge in [0, 0.05) is 6.42 Å². The molecule has 1 atom stereocenters. The van der Waals surface area contributed by atoms with Crippen LogP contribution in [-0.4, -0.2) is 69.2 Å². The summed E-state index contributed by atoms with van der Waals surface area (Å²) < 4.78 is 10.2. The standard InChI is InChI=1S/C27H48O10/c1-2-3-4-5-6-7-8-9-10-11-12-13-14-15-16-17-25(33)37-22(20-28)21-36-27(26(34)35,18-23(29)30)19-24(31)32/h22,28H,2-21H2,1H3,(H,29,30)(H,31,32)(H,34,35). The van der Waals surface area contributed by atoms with E-state index in [1.54, 1.807) is 0 Å². The molecule has 4 N–H and O–H groups in total. The van der Waals surface area contributed by atoms with Gasteiger partial charge in [-0.3, -0.25) is 14.4 Å². The first-order valence-corrected chi connectivity index (χ1v) is 13.8. The lowest BCUT2D eigenvalue weighted by Gasteiger charge is -2.28. The van der Waals surface area contributed by atoms with Crippen LogP contribution >= 0.6 is 0 Å². The Morgan fingerprint density at radius 1 is 0.676 bits per heavy atom. The highest BCUT2D eigenvalue weighted by molar-refractivity contribution is 5.88. The molecule has 0 aromatic carbocycles. The topological polar surface area (TPSA) is 168 Å². The lowest BCUT2D eigenvalue weighted by atomic mass is 9.95. The van der Waals surface area contributed by atoms with Crippen LogP contribution in [0.3, 0.4) is 0 Å². The number of carboxylic acid groups (broad SMARTS) is 3. The average Bonchev–Trinajstić information content (AvgIpc) is 2.83. The molecule has 0 heterocycles. The zero-order valence-electron chi connectivity index (χ0n) is 22.5. The van der Waals surface area contributed by atoms with Crippen LogP contribution in [0.1, 0.15) is 122 Å². The number of hydrogen-bond acceptors (Lipinski definition) is 7. The van der Waals surface area contributed by atoms with Crippen molar-refractivity contribution < 1.29 is 49.1 Å². The van der Waals surface area contributed by atoms with Crippen molar-refractivity contribution in [2.75, 3.05) is 13.2 Å². The number of carbonyl (C=O) groups is 4. The van der Waals surface area contributed by atoms with E-state index in [-0.39, 0.29) is 6.42 Å². The maximum atomic E-state index is 12.1. The molecule has 0 aromatic heterocycles. The molecule has 0 amide bonds. The van der Waals surface area contributed by atoms with Crippen LogP contribution in [0.15, 0.2) is 0 Å². The summed E-state index contributed by atoms with van der Waals surface area (Å²) in [5.41, 5.74) is -2.54. The fraction of sp³-hybridized carbons (Fsp3) is 0.852. The van der Waals surface area contributed by atoms with Crippen molar-refractivity contribution in [3.05, 3.63) is 0 Å². The number of carboxylic acids is 3. The summed E-state index contributed by atoms with van der Waals surface area (Å²) in [6.07, 6.45) is 14.7. The van der Waals surface area contributed by atoms with Gasteiger partial charge in [-0.05, 0) is 6.42 Å². The van der Waals surface area contributed by atoms with Gasteiger partial charge in [0.2, 0.25) is 0 Å². The third-order valence-corrected chi connectivity index (χ3v) is 6.30. The van der Waals surface area contributed by atoms with E-state index in [1.165, 1.54) is 70.6 Å². The largest absolute Gasteiger partial charge is 0.481 e. The number of unbranched alkanes of at least 4 members (excludes halogenated alkanes) is 14. The highest BCUT2D eigenvalue weighted by Crippen LogP contribution is 2.23. The predicted octanol–water partition coefficient (Wildman–Crippen LogP) is 4.94. The van der Waals surface area contributed by atoms with Gasteiger partial charge in [0.25, 0.3) is 0 Å². The summed E-state index contributed by atoms with van der Waals surface area (Å²) in [5, 5.41) is 36.8. The van der Waals surface area contributed by atoms with Crippen LogP contribution in [0.25, 0.3) is 0 Å². The summed E-state index contributed by atoms with van der Waals surface area (Å²) in [4.78, 5) is 45.7. The van der Waals surface area contributed by atoms with Gasteiger partial charge in [-0.25, -0.2) is 4.79 Å². The predicted molar refractivity (Wildman–Crippen MR) is 137 cm³/mol. The summed E-state index contributed by atoms with van der Waals surface area (Å²) in [7, 11) is 0. The van der Waals surface area contributed by atoms with Gasteiger partial charge < -0.3 is 29.9 Å². The van der Waals surface area contributed by atoms with Crippen molar-refractivity contribution in [2.45, 2.75) is 134 Å². The van der Waals surface area contributed by atoms with Gasteiger partial charge in [0.05, 0.1) is 26.1 Å². The van der Waals surface area contributed by atoms with Gasteiger partial charge in [-0.1, -0.05) is 96.8 Å². The minimum Gasteiger partial charge on any atom is -0.481 e. The van der Waals surface area contributed by atoms with Gasteiger partial charge in [0.1, 0.15) is 6.10 Å². The molecular formula is C27H48O10. The van der Waals surface area contributed by atoms with Crippen molar-refractivity contribution >= 4 is 23.9 Å². The second-order valence-electron chi connectivity index (χ2n) is 9.75. The minimum absolute atomic E-state index is 0.128. The second kappa shape index (κ2) is 21.8. The third-order valence-electron chi connectivity index (χ3n) is 6.30. The molecule has 216 valence electrons. The number of aliphatic hydroxyl groups is 1. The number of aliphatic carboxylic acids is 3. The molecule has 0 radical (unpaired) electrons. The van der Waals surface area contributed by atoms with E-state index in [2.05, 4.69) is 6.92 Å². The molecule has 1 unspecified atom stereocenters. The summed E-state index contributed by atoms with van der Waals surface area (Å²) in [6, 6.07) is 0. The van der Waals surface area contributed by atoms with Crippen molar-refractivity contribution in [2.24, 2.45) is 0 Å². The van der Waals surface area contributed by atoms with E-state index in [4.69, 9.17) is 19.7 Å². The molecule has 0 saturated heterocycles. The van der Waals surface area contributed by atoms with E-state index < -0.39 is 61.6 Å². The first-order valence-electron chi connectivity index (χ1n) is 13.8. The van der Waals surface area contributed by atoms with Crippen molar-refractivity contribution in [3.8, 4) is 0 Å².